The summed E-state index contributed by atoms with van der Waals surface area (Å²) in [6.07, 6.45) is 3.19. The molecule has 2 heterocycles. The largest absolute Gasteiger partial charge is 0.396 e. The molecule has 0 aliphatic heterocycles. The number of aromatic nitrogens is 4. The van der Waals surface area contributed by atoms with Crippen molar-refractivity contribution < 1.29 is 0 Å². The lowest BCUT2D eigenvalue weighted by molar-refractivity contribution is 0.717. The molecule has 0 aliphatic rings. The molecule has 0 bridgehead atoms. The van der Waals surface area contributed by atoms with Crippen molar-refractivity contribution in [3.63, 3.8) is 0 Å². The van der Waals surface area contributed by atoms with E-state index in [4.69, 9.17) is 17.3 Å². The SMILES string of the molecule is CC(Nc1ncc(Cl)cc1N)c1nncn1C. The first-order valence-electron chi connectivity index (χ1n) is 5.09. The van der Waals surface area contributed by atoms with Crippen molar-refractivity contribution in [1.29, 1.82) is 0 Å². The zero-order chi connectivity index (χ0) is 12.4. The van der Waals surface area contributed by atoms with Crippen LogP contribution in [-0.2, 0) is 7.05 Å². The Hall–Kier alpha value is -1.82. The maximum atomic E-state index is 5.81. The van der Waals surface area contributed by atoms with Gasteiger partial charge in [-0.05, 0) is 13.0 Å². The minimum absolute atomic E-state index is 0.0431. The molecule has 0 radical (unpaired) electrons. The molecule has 0 aromatic carbocycles. The van der Waals surface area contributed by atoms with Gasteiger partial charge in [-0.15, -0.1) is 10.2 Å². The van der Waals surface area contributed by atoms with Crippen LogP contribution < -0.4 is 11.1 Å². The summed E-state index contributed by atoms with van der Waals surface area (Å²) in [6, 6.07) is 1.61. The number of rotatable bonds is 3. The molecule has 2 rings (SSSR count). The Morgan fingerprint density at radius 1 is 1.53 bits per heavy atom. The van der Waals surface area contributed by atoms with Gasteiger partial charge in [-0.25, -0.2) is 4.98 Å². The highest BCUT2D eigenvalue weighted by molar-refractivity contribution is 6.30. The Kier molecular flexibility index (Phi) is 3.14. The zero-order valence-corrected chi connectivity index (χ0v) is 10.3. The molecule has 0 aliphatic carbocycles. The van der Waals surface area contributed by atoms with E-state index in [2.05, 4.69) is 20.5 Å². The van der Waals surface area contributed by atoms with Crippen LogP contribution >= 0.6 is 11.6 Å². The van der Waals surface area contributed by atoms with Crippen LogP contribution in [0.25, 0.3) is 0 Å². The maximum Gasteiger partial charge on any atom is 0.154 e. The summed E-state index contributed by atoms with van der Waals surface area (Å²) in [5.74, 6) is 1.39. The van der Waals surface area contributed by atoms with E-state index in [-0.39, 0.29) is 6.04 Å². The van der Waals surface area contributed by atoms with Gasteiger partial charge >= 0.3 is 0 Å². The molecule has 2 aromatic heterocycles. The van der Waals surface area contributed by atoms with E-state index in [9.17, 15) is 0 Å². The fourth-order valence-electron chi connectivity index (χ4n) is 1.53. The molecular formula is C10H13ClN6. The summed E-state index contributed by atoms with van der Waals surface area (Å²) in [5.41, 5.74) is 6.31. The van der Waals surface area contributed by atoms with Crippen LogP contribution in [0.1, 0.15) is 18.8 Å². The highest BCUT2D eigenvalue weighted by Crippen LogP contribution is 2.23. The fourth-order valence-corrected chi connectivity index (χ4v) is 1.70. The molecule has 3 N–H and O–H groups in total. The highest BCUT2D eigenvalue weighted by Gasteiger charge is 2.13. The van der Waals surface area contributed by atoms with Crippen molar-refractivity contribution in [1.82, 2.24) is 19.7 Å². The smallest absolute Gasteiger partial charge is 0.154 e. The number of anilines is 2. The number of nitrogen functional groups attached to an aromatic ring is 1. The van der Waals surface area contributed by atoms with Crippen molar-refractivity contribution in [2.45, 2.75) is 13.0 Å². The summed E-state index contributed by atoms with van der Waals surface area (Å²) >= 11 is 5.78. The van der Waals surface area contributed by atoms with E-state index >= 15 is 0 Å². The molecule has 0 saturated carbocycles. The van der Waals surface area contributed by atoms with Crippen molar-refractivity contribution in [3.8, 4) is 0 Å². The van der Waals surface area contributed by atoms with Gasteiger partial charge in [0.25, 0.3) is 0 Å². The van der Waals surface area contributed by atoms with Crippen LogP contribution in [0, 0.1) is 0 Å². The van der Waals surface area contributed by atoms with E-state index in [0.717, 1.165) is 5.82 Å². The van der Waals surface area contributed by atoms with Gasteiger partial charge in [-0.2, -0.15) is 0 Å². The molecule has 0 fully saturated rings. The predicted octanol–water partition coefficient (Wildman–Crippen LogP) is 1.62. The third-order valence-electron chi connectivity index (χ3n) is 2.37. The van der Waals surface area contributed by atoms with E-state index in [0.29, 0.717) is 16.5 Å². The lowest BCUT2D eigenvalue weighted by Crippen LogP contribution is -2.13. The molecule has 0 amide bonds. The minimum Gasteiger partial charge on any atom is -0.396 e. The van der Waals surface area contributed by atoms with Crippen LogP contribution in [0.2, 0.25) is 5.02 Å². The lowest BCUT2D eigenvalue weighted by Gasteiger charge is -2.14. The van der Waals surface area contributed by atoms with Crippen molar-refractivity contribution in [2.75, 3.05) is 11.1 Å². The first-order valence-corrected chi connectivity index (χ1v) is 5.47. The van der Waals surface area contributed by atoms with Crippen LogP contribution in [0.5, 0.6) is 0 Å². The molecule has 7 heteroatoms. The van der Waals surface area contributed by atoms with Crippen LogP contribution in [0.4, 0.5) is 11.5 Å². The Balaban J connectivity index is 2.19. The van der Waals surface area contributed by atoms with E-state index in [1.165, 1.54) is 0 Å². The van der Waals surface area contributed by atoms with Gasteiger partial charge in [-0.1, -0.05) is 11.6 Å². The Morgan fingerprint density at radius 3 is 2.88 bits per heavy atom. The summed E-state index contributed by atoms with van der Waals surface area (Å²) < 4.78 is 1.84. The van der Waals surface area contributed by atoms with Crippen LogP contribution in [0.15, 0.2) is 18.6 Å². The Labute approximate surface area is 104 Å². The molecule has 1 unspecified atom stereocenters. The molecule has 17 heavy (non-hydrogen) atoms. The minimum atomic E-state index is -0.0431. The lowest BCUT2D eigenvalue weighted by atomic mass is 10.3. The number of hydrogen-bond acceptors (Lipinski definition) is 5. The maximum absolute atomic E-state index is 5.81. The molecule has 0 spiro atoms. The topological polar surface area (TPSA) is 81.7 Å². The third kappa shape index (κ3) is 2.47. The average molecular weight is 253 g/mol. The summed E-state index contributed by atoms with van der Waals surface area (Å²) in [4.78, 5) is 4.13. The second-order valence-corrected chi connectivity index (χ2v) is 4.19. The van der Waals surface area contributed by atoms with Gasteiger partial charge in [0.2, 0.25) is 0 Å². The predicted molar refractivity (Wildman–Crippen MR) is 66.7 cm³/mol. The molecule has 6 nitrogen and oxygen atoms in total. The molecule has 2 aromatic rings. The standard InChI is InChI=1S/C10H13ClN6/c1-6(10-16-14-5-17(10)2)15-9-8(12)3-7(11)4-13-9/h3-6H,12H2,1-2H3,(H,13,15). The first-order chi connectivity index (χ1) is 8.08. The number of pyridine rings is 1. The second-order valence-electron chi connectivity index (χ2n) is 3.76. The van der Waals surface area contributed by atoms with Crippen LogP contribution in [0.3, 0.4) is 0 Å². The number of hydrogen-bond donors (Lipinski definition) is 2. The summed E-state index contributed by atoms with van der Waals surface area (Å²) in [7, 11) is 1.88. The fraction of sp³-hybridized carbons (Fsp3) is 0.300. The summed E-state index contributed by atoms with van der Waals surface area (Å²) in [5, 5.41) is 11.5. The van der Waals surface area contributed by atoms with Gasteiger partial charge in [-0.3, -0.25) is 0 Å². The normalized spacial score (nSPS) is 12.4. The summed E-state index contributed by atoms with van der Waals surface area (Å²) in [6.45, 7) is 1.96. The second kappa shape index (κ2) is 4.58. The zero-order valence-electron chi connectivity index (χ0n) is 9.55. The monoisotopic (exact) mass is 252 g/mol. The first kappa shape index (κ1) is 11.7. The highest BCUT2D eigenvalue weighted by atomic mass is 35.5. The number of nitrogens with zero attached hydrogens (tertiary/aromatic N) is 4. The van der Waals surface area contributed by atoms with Gasteiger partial charge in [0.1, 0.15) is 12.1 Å². The quantitative estimate of drug-likeness (QED) is 0.868. The number of aryl methyl sites for hydroxylation is 1. The van der Waals surface area contributed by atoms with E-state index in [1.807, 2.05) is 18.5 Å². The molecular weight excluding hydrogens is 240 g/mol. The van der Waals surface area contributed by atoms with Gasteiger partial charge in [0.15, 0.2) is 5.82 Å². The number of halogens is 1. The Morgan fingerprint density at radius 2 is 2.29 bits per heavy atom. The van der Waals surface area contributed by atoms with Gasteiger partial charge < -0.3 is 15.6 Å². The molecule has 0 saturated heterocycles. The molecule has 1 atom stereocenters. The van der Waals surface area contributed by atoms with Crippen LogP contribution in [-0.4, -0.2) is 19.7 Å². The average Bonchev–Trinajstić information content (AvgIpc) is 2.68. The molecule has 90 valence electrons. The van der Waals surface area contributed by atoms with Gasteiger partial charge in [0, 0.05) is 13.2 Å². The number of nitrogens with two attached hydrogens (primary N) is 1. The van der Waals surface area contributed by atoms with Crippen molar-refractivity contribution in [2.24, 2.45) is 7.05 Å². The third-order valence-corrected chi connectivity index (χ3v) is 2.58. The van der Waals surface area contributed by atoms with E-state index in [1.54, 1.807) is 18.6 Å². The van der Waals surface area contributed by atoms with Crippen molar-refractivity contribution >= 4 is 23.1 Å². The number of nitrogens with one attached hydrogen (secondary N) is 1. The Bertz CT molecular complexity index is 523. The van der Waals surface area contributed by atoms with E-state index < -0.39 is 0 Å². The van der Waals surface area contributed by atoms with Gasteiger partial charge in [0.05, 0.1) is 16.8 Å². The van der Waals surface area contributed by atoms with Crippen molar-refractivity contribution in [3.05, 3.63) is 29.4 Å².